The first-order chi connectivity index (χ1) is 11.0. The molecule has 1 fully saturated rings. The Labute approximate surface area is 138 Å². The predicted molar refractivity (Wildman–Crippen MR) is 90.9 cm³/mol. The van der Waals surface area contributed by atoms with E-state index in [0.717, 1.165) is 12.8 Å². The molecule has 0 amide bonds. The second-order valence-electron chi connectivity index (χ2n) is 6.07. The van der Waals surface area contributed by atoms with Gasteiger partial charge < -0.3 is 9.84 Å². The highest BCUT2D eigenvalue weighted by molar-refractivity contribution is 7.89. The molecule has 1 saturated heterocycles. The summed E-state index contributed by atoms with van der Waals surface area (Å²) in [6, 6.07) is 9.17. The molecule has 0 radical (unpaired) electrons. The van der Waals surface area contributed by atoms with Crippen LogP contribution in [0.25, 0.3) is 0 Å². The fourth-order valence-electron chi connectivity index (χ4n) is 2.98. The molecule has 0 unspecified atom stereocenters. The van der Waals surface area contributed by atoms with Crippen LogP contribution < -0.4 is 4.74 Å². The maximum absolute atomic E-state index is 12.5. The lowest BCUT2D eigenvalue weighted by Gasteiger charge is -2.40. The number of hydrogen-bond donors (Lipinski definition) is 1. The van der Waals surface area contributed by atoms with E-state index in [1.807, 2.05) is 18.2 Å². The molecule has 1 heterocycles. The van der Waals surface area contributed by atoms with E-state index in [1.165, 1.54) is 4.31 Å². The lowest BCUT2D eigenvalue weighted by Crippen LogP contribution is -2.48. The van der Waals surface area contributed by atoms with Crippen molar-refractivity contribution in [2.45, 2.75) is 19.3 Å². The summed E-state index contributed by atoms with van der Waals surface area (Å²) >= 11 is 0. The number of piperidine rings is 1. The first-order valence-corrected chi connectivity index (χ1v) is 9.50. The molecule has 6 heteroatoms. The first-order valence-electron chi connectivity index (χ1n) is 7.89. The number of sulfonamides is 1. The van der Waals surface area contributed by atoms with E-state index in [-0.39, 0.29) is 19.0 Å². The standard InChI is InChI=1S/C17H25NO4S/c1-2-9-17(15-19)10-6-11-18(14-17)23(20,21)13-12-22-16-7-4-3-5-8-16/h2-5,7-8,19H,1,6,9-15H2/t17-/m0/s1. The zero-order valence-electron chi connectivity index (χ0n) is 13.4. The third-order valence-electron chi connectivity index (χ3n) is 4.29. The zero-order chi connectivity index (χ0) is 16.8. The van der Waals surface area contributed by atoms with E-state index in [2.05, 4.69) is 6.58 Å². The lowest BCUT2D eigenvalue weighted by atomic mass is 9.79. The maximum atomic E-state index is 12.5. The second kappa shape index (κ2) is 7.95. The first kappa shape index (κ1) is 18.0. The van der Waals surface area contributed by atoms with Crippen molar-refractivity contribution >= 4 is 10.0 Å². The van der Waals surface area contributed by atoms with Crippen molar-refractivity contribution in [3.8, 4) is 5.75 Å². The Kier molecular flexibility index (Phi) is 6.21. The highest BCUT2D eigenvalue weighted by atomic mass is 32.2. The van der Waals surface area contributed by atoms with Gasteiger partial charge >= 0.3 is 0 Å². The third-order valence-corrected chi connectivity index (χ3v) is 6.07. The summed E-state index contributed by atoms with van der Waals surface area (Å²) < 4.78 is 32.0. The summed E-state index contributed by atoms with van der Waals surface area (Å²) in [7, 11) is -3.39. The number of benzene rings is 1. The van der Waals surface area contributed by atoms with Crippen LogP contribution in [0.1, 0.15) is 19.3 Å². The number of aliphatic hydroxyl groups excluding tert-OH is 1. The topological polar surface area (TPSA) is 66.8 Å². The van der Waals surface area contributed by atoms with Crippen molar-refractivity contribution in [1.29, 1.82) is 0 Å². The number of ether oxygens (including phenoxy) is 1. The monoisotopic (exact) mass is 339 g/mol. The van der Waals surface area contributed by atoms with Crippen LogP contribution in [0, 0.1) is 5.41 Å². The van der Waals surface area contributed by atoms with Gasteiger partial charge in [-0.2, -0.15) is 0 Å². The van der Waals surface area contributed by atoms with Crippen LogP contribution in [0.3, 0.4) is 0 Å². The average Bonchev–Trinajstić information content (AvgIpc) is 2.56. The smallest absolute Gasteiger partial charge is 0.217 e. The number of allylic oxidation sites excluding steroid dienone is 1. The molecule has 1 aliphatic rings. The highest BCUT2D eigenvalue weighted by Crippen LogP contribution is 2.34. The van der Waals surface area contributed by atoms with Crippen molar-refractivity contribution in [3.63, 3.8) is 0 Å². The van der Waals surface area contributed by atoms with Crippen LogP contribution in [-0.2, 0) is 10.0 Å². The molecule has 0 saturated carbocycles. The summed E-state index contributed by atoms with van der Waals surface area (Å²) in [5.41, 5.74) is -0.395. The van der Waals surface area contributed by atoms with Gasteiger partial charge in [0, 0.05) is 18.5 Å². The Bertz CT molecular complexity index is 602. The van der Waals surface area contributed by atoms with Gasteiger partial charge in [0.25, 0.3) is 0 Å². The van der Waals surface area contributed by atoms with E-state index in [9.17, 15) is 13.5 Å². The fraction of sp³-hybridized carbons (Fsp3) is 0.529. The van der Waals surface area contributed by atoms with Gasteiger partial charge in [0.1, 0.15) is 12.4 Å². The lowest BCUT2D eigenvalue weighted by molar-refractivity contribution is 0.0668. The van der Waals surface area contributed by atoms with Crippen LogP contribution >= 0.6 is 0 Å². The fourth-order valence-corrected chi connectivity index (χ4v) is 4.41. The van der Waals surface area contributed by atoms with Gasteiger partial charge in [-0.25, -0.2) is 12.7 Å². The van der Waals surface area contributed by atoms with E-state index in [0.29, 0.717) is 25.3 Å². The van der Waals surface area contributed by atoms with E-state index < -0.39 is 15.4 Å². The summed E-state index contributed by atoms with van der Waals surface area (Å²) in [5.74, 6) is 0.606. The SMILES string of the molecule is C=CC[C@]1(CO)CCCN(S(=O)(=O)CCOc2ccccc2)C1. The molecule has 1 aromatic carbocycles. The molecule has 128 valence electrons. The third kappa shape index (κ3) is 4.80. The Morgan fingerprint density at radius 3 is 2.74 bits per heavy atom. The molecule has 5 nitrogen and oxygen atoms in total. The van der Waals surface area contributed by atoms with Crippen molar-refractivity contribution in [2.75, 3.05) is 32.1 Å². The number of nitrogens with zero attached hydrogens (tertiary/aromatic N) is 1. The molecule has 0 spiro atoms. The average molecular weight is 339 g/mol. The van der Waals surface area contributed by atoms with Crippen LogP contribution in [-0.4, -0.2) is 49.9 Å². The van der Waals surface area contributed by atoms with Gasteiger partial charge in [-0.1, -0.05) is 24.3 Å². The summed E-state index contributed by atoms with van der Waals surface area (Å²) in [6.07, 6.45) is 3.95. The van der Waals surface area contributed by atoms with Crippen molar-refractivity contribution in [3.05, 3.63) is 43.0 Å². The molecule has 0 bridgehead atoms. The minimum absolute atomic E-state index is 0.0223. The highest BCUT2D eigenvalue weighted by Gasteiger charge is 2.38. The quantitative estimate of drug-likeness (QED) is 0.736. The number of para-hydroxylation sites is 1. The van der Waals surface area contributed by atoms with Crippen molar-refractivity contribution in [2.24, 2.45) is 5.41 Å². The largest absolute Gasteiger partial charge is 0.492 e. The minimum Gasteiger partial charge on any atom is -0.492 e. The minimum atomic E-state index is -3.39. The van der Waals surface area contributed by atoms with Crippen LogP contribution in [0.5, 0.6) is 5.75 Å². The molecule has 1 N–H and O–H groups in total. The number of hydrogen-bond acceptors (Lipinski definition) is 4. The summed E-state index contributed by atoms with van der Waals surface area (Å²) in [5, 5.41) is 9.69. The van der Waals surface area contributed by atoms with E-state index in [4.69, 9.17) is 4.74 Å². The zero-order valence-corrected chi connectivity index (χ0v) is 14.2. The van der Waals surface area contributed by atoms with Gasteiger partial charge in [0.05, 0.1) is 12.4 Å². The van der Waals surface area contributed by atoms with Gasteiger partial charge in [0.2, 0.25) is 10.0 Å². The molecule has 1 aromatic rings. The second-order valence-corrected chi connectivity index (χ2v) is 8.15. The Morgan fingerprint density at radius 2 is 2.09 bits per heavy atom. The van der Waals surface area contributed by atoms with Gasteiger partial charge in [-0.15, -0.1) is 6.58 Å². The predicted octanol–water partition coefficient (Wildman–Crippen LogP) is 2.05. The van der Waals surface area contributed by atoms with Crippen LogP contribution in [0.15, 0.2) is 43.0 Å². The summed E-state index contributed by atoms with van der Waals surface area (Å²) in [6.45, 7) is 4.68. The molecule has 23 heavy (non-hydrogen) atoms. The number of rotatable bonds is 8. The molecule has 2 rings (SSSR count). The molecule has 1 atom stereocenters. The molecular weight excluding hydrogens is 314 g/mol. The van der Waals surface area contributed by atoms with Crippen LogP contribution in [0.2, 0.25) is 0 Å². The van der Waals surface area contributed by atoms with E-state index >= 15 is 0 Å². The number of aliphatic hydroxyl groups is 1. The van der Waals surface area contributed by atoms with Crippen molar-refractivity contribution < 1.29 is 18.3 Å². The normalized spacial score (nSPS) is 22.7. The molecule has 0 aromatic heterocycles. The Balaban J connectivity index is 1.94. The van der Waals surface area contributed by atoms with Crippen LogP contribution in [0.4, 0.5) is 0 Å². The molecule has 1 aliphatic heterocycles. The van der Waals surface area contributed by atoms with Gasteiger partial charge in [0.15, 0.2) is 0 Å². The van der Waals surface area contributed by atoms with Gasteiger partial charge in [-0.3, -0.25) is 0 Å². The molecular formula is C17H25NO4S. The Morgan fingerprint density at radius 1 is 1.35 bits per heavy atom. The maximum Gasteiger partial charge on any atom is 0.217 e. The van der Waals surface area contributed by atoms with Gasteiger partial charge in [-0.05, 0) is 31.4 Å². The summed E-state index contributed by atoms with van der Waals surface area (Å²) in [4.78, 5) is 0. The van der Waals surface area contributed by atoms with Crippen molar-refractivity contribution in [1.82, 2.24) is 4.31 Å². The molecule has 0 aliphatic carbocycles. The van der Waals surface area contributed by atoms with E-state index in [1.54, 1.807) is 18.2 Å². The Hall–Kier alpha value is -1.37.